The van der Waals surface area contributed by atoms with Gasteiger partial charge in [-0.2, -0.15) is 0 Å². The Kier molecular flexibility index (Phi) is 5.25. The average Bonchev–Trinajstić information content (AvgIpc) is 2.44. The maximum absolute atomic E-state index is 11.8. The molecule has 140 valence electrons. The molecular formula is C18H22N2O6. The first-order chi connectivity index (χ1) is 12.0. The molecule has 0 atom stereocenters. The number of amides is 1. The minimum absolute atomic E-state index is 0.236. The number of anilines is 2. The quantitative estimate of drug-likeness (QED) is 0.483. The molecule has 1 amide bonds. The van der Waals surface area contributed by atoms with Crippen LogP contribution in [-0.4, -0.2) is 29.4 Å². The topological polar surface area (TPSA) is 103 Å². The molecule has 1 aliphatic heterocycles. The first-order valence-corrected chi connectivity index (χ1v) is 7.99. The number of carbonyl (C=O) groups is 3. The van der Waals surface area contributed by atoms with Crippen LogP contribution in [0.3, 0.4) is 0 Å². The van der Waals surface area contributed by atoms with Crippen molar-refractivity contribution in [3.63, 3.8) is 0 Å². The number of rotatable bonds is 3. The van der Waals surface area contributed by atoms with Crippen molar-refractivity contribution >= 4 is 29.4 Å². The van der Waals surface area contributed by atoms with Gasteiger partial charge < -0.3 is 19.5 Å². The molecule has 0 unspecified atom stereocenters. The normalized spacial score (nSPS) is 16.3. The molecule has 1 aromatic rings. The lowest BCUT2D eigenvalue weighted by atomic mass is 10.2. The lowest BCUT2D eigenvalue weighted by Crippen LogP contribution is -2.42. The predicted molar refractivity (Wildman–Crippen MR) is 94.3 cm³/mol. The summed E-state index contributed by atoms with van der Waals surface area (Å²) in [7, 11) is 0. The Hall–Kier alpha value is -3.03. The smallest absolute Gasteiger partial charge is 0.412 e. The molecule has 0 saturated carbocycles. The van der Waals surface area contributed by atoms with Gasteiger partial charge in [-0.15, -0.1) is 0 Å². The molecular weight excluding hydrogens is 340 g/mol. The molecule has 26 heavy (non-hydrogen) atoms. The highest BCUT2D eigenvalue weighted by atomic mass is 16.7. The lowest BCUT2D eigenvalue weighted by molar-refractivity contribution is -0.222. The van der Waals surface area contributed by atoms with Crippen molar-refractivity contribution in [1.29, 1.82) is 0 Å². The van der Waals surface area contributed by atoms with Gasteiger partial charge in [-0.3, -0.25) is 5.32 Å². The van der Waals surface area contributed by atoms with Crippen LogP contribution < -0.4 is 10.6 Å². The van der Waals surface area contributed by atoms with E-state index < -0.39 is 29.4 Å². The summed E-state index contributed by atoms with van der Waals surface area (Å²) < 4.78 is 15.2. The van der Waals surface area contributed by atoms with Gasteiger partial charge in [0.2, 0.25) is 0 Å². The van der Waals surface area contributed by atoms with Crippen molar-refractivity contribution in [3.05, 3.63) is 36.0 Å². The van der Waals surface area contributed by atoms with E-state index >= 15 is 0 Å². The second-order valence-electron chi connectivity index (χ2n) is 7.09. The van der Waals surface area contributed by atoms with Crippen LogP contribution in [0.5, 0.6) is 0 Å². The van der Waals surface area contributed by atoms with Crippen LogP contribution >= 0.6 is 0 Å². The van der Waals surface area contributed by atoms with Crippen LogP contribution in [0.2, 0.25) is 0 Å². The molecule has 8 heteroatoms. The number of hydrogen-bond acceptors (Lipinski definition) is 7. The summed E-state index contributed by atoms with van der Waals surface area (Å²) in [5, 5.41) is 5.42. The maximum Gasteiger partial charge on any atom is 0.412 e. The molecule has 2 rings (SSSR count). The van der Waals surface area contributed by atoms with Crippen molar-refractivity contribution in [2.75, 3.05) is 10.6 Å². The zero-order chi connectivity index (χ0) is 19.5. The average molecular weight is 362 g/mol. The largest absolute Gasteiger partial charge is 0.444 e. The van der Waals surface area contributed by atoms with E-state index in [9.17, 15) is 14.4 Å². The highest BCUT2D eigenvalue weighted by Crippen LogP contribution is 2.23. The van der Waals surface area contributed by atoms with Crippen LogP contribution in [0.15, 0.2) is 36.0 Å². The SMILES string of the molecule is CC(C)(C)OC(=O)Nc1ccc(NC=C2C(=O)OC(C)(C)OC2=O)cc1. The van der Waals surface area contributed by atoms with E-state index in [0.717, 1.165) is 0 Å². The van der Waals surface area contributed by atoms with E-state index in [1.54, 1.807) is 45.0 Å². The molecule has 1 fully saturated rings. The van der Waals surface area contributed by atoms with E-state index in [4.69, 9.17) is 14.2 Å². The summed E-state index contributed by atoms with van der Waals surface area (Å²) in [6.45, 7) is 8.27. The fourth-order valence-electron chi connectivity index (χ4n) is 2.01. The van der Waals surface area contributed by atoms with E-state index in [1.165, 1.54) is 20.0 Å². The molecule has 1 aliphatic rings. The molecule has 0 aromatic heterocycles. The van der Waals surface area contributed by atoms with Crippen molar-refractivity contribution in [2.45, 2.75) is 46.0 Å². The number of ether oxygens (including phenoxy) is 3. The standard InChI is InChI=1S/C18H22N2O6/c1-17(2,3)26-16(23)20-12-8-6-11(7-9-12)19-10-13-14(21)24-18(4,5)25-15(13)22/h6-10,19H,1-5H3,(H,20,23). The Balaban J connectivity index is 1.98. The number of nitrogens with one attached hydrogen (secondary N) is 2. The van der Waals surface area contributed by atoms with E-state index in [2.05, 4.69) is 10.6 Å². The first kappa shape index (κ1) is 19.3. The molecule has 2 N–H and O–H groups in total. The molecule has 8 nitrogen and oxygen atoms in total. The molecule has 0 aliphatic carbocycles. The van der Waals surface area contributed by atoms with Gasteiger partial charge in [-0.05, 0) is 45.0 Å². The Bertz CT molecular complexity index is 722. The van der Waals surface area contributed by atoms with Crippen molar-refractivity contribution in [1.82, 2.24) is 0 Å². The summed E-state index contributed by atoms with van der Waals surface area (Å²) in [5.74, 6) is -2.80. The monoisotopic (exact) mass is 362 g/mol. The summed E-state index contributed by atoms with van der Waals surface area (Å²) >= 11 is 0. The summed E-state index contributed by atoms with van der Waals surface area (Å²) in [6.07, 6.45) is 0.659. The van der Waals surface area contributed by atoms with Crippen LogP contribution in [0.1, 0.15) is 34.6 Å². The number of benzene rings is 1. The number of hydrogen-bond donors (Lipinski definition) is 2. The minimum atomic E-state index is -1.28. The fourth-order valence-corrected chi connectivity index (χ4v) is 2.01. The van der Waals surface area contributed by atoms with Gasteiger partial charge in [0, 0.05) is 31.4 Å². The van der Waals surface area contributed by atoms with Crippen molar-refractivity contribution in [3.8, 4) is 0 Å². The highest BCUT2D eigenvalue weighted by molar-refractivity contribution is 6.15. The van der Waals surface area contributed by atoms with E-state index in [0.29, 0.717) is 11.4 Å². The fraction of sp³-hybridized carbons (Fsp3) is 0.389. The summed E-state index contributed by atoms with van der Waals surface area (Å²) in [4.78, 5) is 35.4. The molecule has 0 spiro atoms. The van der Waals surface area contributed by atoms with Crippen LogP contribution in [0, 0.1) is 0 Å². The van der Waals surface area contributed by atoms with Gasteiger partial charge in [0.1, 0.15) is 5.60 Å². The summed E-state index contributed by atoms with van der Waals surface area (Å²) in [6, 6.07) is 6.61. The van der Waals surface area contributed by atoms with Gasteiger partial charge >= 0.3 is 18.0 Å². The van der Waals surface area contributed by atoms with Gasteiger partial charge in [0.15, 0.2) is 5.57 Å². The Labute approximate surface area is 151 Å². The van der Waals surface area contributed by atoms with Gasteiger partial charge in [0.25, 0.3) is 5.79 Å². The van der Waals surface area contributed by atoms with Gasteiger partial charge in [0.05, 0.1) is 0 Å². The third-order valence-corrected chi connectivity index (χ3v) is 3.03. The number of esters is 2. The van der Waals surface area contributed by atoms with E-state index in [1.807, 2.05) is 0 Å². The second kappa shape index (κ2) is 7.07. The highest BCUT2D eigenvalue weighted by Gasteiger charge is 2.38. The Morgan fingerprint density at radius 3 is 2.04 bits per heavy atom. The lowest BCUT2D eigenvalue weighted by Gasteiger charge is -2.29. The summed E-state index contributed by atoms with van der Waals surface area (Å²) in [5.41, 5.74) is 0.309. The predicted octanol–water partition coefficient (Wildman–Crippen LogP) is 3.17. The van der Waals surface area contributed by atoms with Gasteiger partial charge in [-0.25, -0.2) is 14.4 Å². The second-order valence-corrected chi connectivity index (χ2v) is 7.09. The van der Waals surface area contributed by atoms with Crippen LogP contribution in [-0.2, 0) is 23.8 Å². The Morgan fingerprint density at radius 1 is 1.04 bits per heavy atom. The molecule has 0 radical (unpaired) electrons. The first-order valence-electron chi connectivity index (χ1n) is 7.99. The third kappa shape index (κ3) is 5.51. The molecule has 0 bridgehead atoms. The van der Waals surface area contributed by atoms with E-state index in [-0.39, 0.29) is 5.57 Å². The zero-order valence-corrected chi connectivity index (χ0v) is 15.3. The van der Waals surface area contributed by atoms with Crippen molar-refractivity contribution < 1.29 is 28.6 Å². The van der Waals surface area contributed by atoms with Crippen LogP contribution in [0.4, 0.5) is 16.2 Å². The number of cyclic esters (lactones) is 2. The zero-order valence-electron chi connectivity index (χ0n) is 15.3. The molecule has 1 aromatic carbocycles. The maximum atomic E-state index is 11.8. The third-order valence-electron chi connectivity index (χ3n) is 3.03. The molecule has 1 saturated heterocycles. The van der Waals surface area contributed by atoms with Crippen LogP contribution in [0.25, 0.3) is 0 Å². The molecule has 1 heterocycles. The Morgan fingerprint density at radius 2 is 1.54 bits per heavy atom. The minimum Gasteiger partial charge on any atom is -0.444 e. The van der Waals surface area contributed by atoms with Crippen molar-refractivity contribution in [2.24, 2.45) is 0 Å². The van der Waals surface area contributed by atoms with Gasteiger partial charge in [-0.1, -0.05) is 0 Å². The number of carbonyl (C=O) groups excluding carboxylic acids is 3.